The van der Waals surface area contributed by atoms with Gasteiger partial charge < -0.3 is 15.2 Å². The lowest BCUT2D eigenvalue weighted by molar-refractivity contribution is -0.122. The van der Waals surface area contributed by atoms with Crippen molar-refractivity contribution in [1.29, 1.82) is 0 Å². The van der Waals surface area contributed by atoms with Gasteiger partial charge in [0, 0.05) is 25.3 Å². The van der Waals surface area contributed by atoms with Gasteiger partial charge in [-0.3, -0.25) is 9.59 Å². The summed E-state index contributed by atoms with van der Waals surface area (Å²) in [5.74, 6) is 1.73. The van der Waals surface area contributed by atoms with Crippen LogP contribution in [-0.2, 0) is 4.79 Å². The number of fused-ring (bicyclic) bond motifs is 1. The zero-order valence-corrected chi connectivity index (χ0v) is 14.7. The Balaban J connectivity index is 1.65. The van der Waals surface area contributed by atoms with E-state index in [9.17, 15) is 9.59 Å². The molecule has 1 saturated heterocycles. The number of hydrogen-bond donors (Lipinski definition) is 2. The van der Waals surface area contributed by atoms with Gasteiger partial charge in [0.1, 0.15) is 5.82 Å². The van der Waals surface area contributed by atoms with Crippen LogP contribution in [0.25, 0.3) is 11.0 Å². The molecule has 1 aliphatic heterocycles. The highest BCUT2D eigenvalue weighted by Gasteiger charge is 2.24. The van der Waals surface area contributed by atoms with Crippen LogP contribution in [0.1, 0.15) is 32.1 Å². The van der Waals surface area contributed by atoms with Crippen molar-refractivity contribution in [2.24, 2.45) is 5.92 Å². The summed E-state index contributed by atoms with van der Waals surface area (Å²) in [6.45, 7) is 5.31. The maximum atomic E-state index is 12.3. The Labute approximate surface area is 145 Å². The number of rotatable bonds is 6. The van der Waals surface area contributed by atoms with Crippen LogP contribution < -0.4 is 5.32 Å². The van der Waals surface area contributed by atoms with Crippen LogP contribution in [0.2, 0.25) is 0 Å². The minimum Gasteiger partial charge on any atom is -0.346 e. The maximum Gasteiger partial charge on any atom is 0.281 e. The number of benzene rings is 1. The van der Waals surface area contributed by atoms with E-state index in [4.69, 9.17) is 0 Å². The molecule has 24 heavy (non-hydrogen) atoms. The summed E-state index contributed by atoms with van der Waals surface area (Å²) in [6.07, 6.45) is 0.315. The molecule has 1 unspecified atom stereocenters. The molecule has 1 aromatic heterocycles. The summed E-state index contributed by atoms with van der Waals surface area (Å²) in [6, 6.07) is 7.65. The molecular weight excluding hydrogens is 324 g/mol. The van der Waals surface area contributed by atoms with Crippen LogP contribution in [0.4, 0.5) is 4.79 Å². The van der Waals surface area contributed by atoms with Crippen LogP contribution in [-0.4, -0.2) is 44.9 Å². The molecular formula is C17H22N4O2S. The molecule has 2 heterocycles. The third kappa shape index (κ3) is 3.72. The van der Waals surface area contributed by atoms with Crippen molar-refractivity contribution in [3.63, 3.8) is 0 Å². The highest BCUT2D eigenvalue weighted by Crippen LogP contribution is 2.22. The number of nitrogens with zero attached hydrogens (tertiary/aromatic N) is 2. The van der Waals surface area contributed by atoms with Crippen molar-refractivity contribution in [1.82, 2.24) is 20.2 Å². The van der Waals surface area contributed by atoms with E-state index in [0.29, 0.717) is 13.0 Å². The second kappa shape index (κ2) is 7.25. The van der Waals surface area contributed by atoms with E-state index in [1.165, 1.54) is 11.8 Å². The van der Waals surface area contributed by atoms with Crippen molar-refractivity contribution in [2.75, 3.05) is 18.8 Å². The van der Waals surface area contributed by atoms with Gasteiger partial charge in [-0.2, -0.15) is 0 Å². The summed E-state index contributed by atoms with van der Waals surface area (Å²) in [5.41, 5.74) is 1.86. The fourth-order valence-corrected chi connectivity index (χ4v) is 3.63. The fourth-order valence-electron chi connectivity index (χ4n) is 2.78. The SMILES string of the molecule is CC(C)C(NC(=O)CCN1CCSC1=O)c1nc2ccccc2[nH]1. The largest absolute Gasteiger partial charge is 0.346 e. The lowest BCUT2D eigenvalue weighted by atomic mass is 10.0. The molecule has 0 radical (unpaired) electrons. The second-order valence-corrected chi connectivity index (χ2v) is 7.33. The molecule has 0 aliphatic carbocycles. The summed E-state index contributed by atoms with van der Waals surface area (Å²) < 4.78 is 0. The topological polar surface area (TPSA) is 78.1 Å². The van der Waals surface area contributed by atoms with E-state index in [0.717, 1.165) is 29.2 Å². The molecule has 7 heteroatoms. The quantitative estimate of drug-likeness (QED) is 0.843. The molecule has 0 saturated carbocycles. The first-order chi connectivity index (χ1) is 11.5. The number of carbonyl (C=O) groups excluding carboxylic acids is 2. The summed E-state index contributed by atoms with van der Waals surface area (Å²) >= 11 is 1.32. The number of amides is 2. The van der Waals surface area contributed by atoms with Crippen LogP contribution in [0.3, 0.4) is 0 Å². The van der Waals surface area contributed by atoms with Crippen molar-refractivity contribution in [3.8, 4) is 0 Å². The molecule has 0 spiro atoms. The smallest absolute Gasteiger partial charge is 0.281 e. The number of para-hydroxylation sites is 2. The summed E-state index contributed by atoms with van der Waals surface area (Å²) in [7, 11) is 0. The van der Waals surface area contributed by atoms with Gasteiger partial charge in [0.2, 0.25) is 5.91 Å². The van der Waals surface area contributed by atoms with Gasteiger partial charge >= 0.3 is 0 Å². The lowest BCUT2D eigenvalue weighted by Crippen LogP contribution is -2.35. The van der Waals surface area contributed by atoms with Crippen LogP contribution in [0.5, 0.6) is 0 Å². The fraction of sp³-hybridized carbons (Fsp3) is 0.471. The Kier molecular flexibility index (Phi) is 5.08. The van der Waals surface area contributed by atoms with E-state index in [-0.39, 0.29) is 23.1 Å². The standard InChI is InChI=1S/C17H22N4O2S/c1-11(2)15(16-18-12-5-3-4-6-13(12)19-16)20-14(22)7-8-21-9-10-24-17(21)23/h3-6,11,15H,7-10H2,1-2H3,(H,18,19)(H,20,22). The first-order valence-electron chi connectivity index (χ1n) is 8.20. The molecule has 0 bridgehead atoms. The maximum absolute atomic E-state index is 12.3. The van der Waals surface area contributed by atoms with Crippen molar-refractivity contribution in [2.45, 2.75) is 26.3 Å². The molecule has 2 amide bonds. The second-order valence-electron chi connectivity index (χ2n) is 6.28. The van der Waals surface area contributed by atoms with Gasteiger partial charge in [0.05, 0.1) is 17.1 Å². The van der Waals surface area contributed by atoms with Crippen LogP contribution in [0, 0.1) is 5.92 Å². The number of hydrogen-bond acceptors (Lipinski definition) is 4. The van der Waals surface area contributed by atoms with E-state index >= 15 is 0 Å². The Morgan fingerprint density at radius 1 is 1.42 bits per heavy atom. The first-order valence-corrected chi connectivity index (χ1v) is 9.19. The van der Waals surface area contributed by atoms with Gasteiger partial charge in [-0.15, -0.1) is 0 Å². The molecule has 2 N–H and O–H groups in total. The van der Waals surface area contributed by atoms with Crippen molar-refractivity contribution in [3.05, 3.63) is 30.1 Å². The number of carbonyl (C=O) groups is 2. The minimum absolute atomic E-state index is 0.0566. The summed E-state index contributed by atoms with van der Waals surface area (Å²) in [4.78, 5) is 33.5. The van der Waals surface area contributed by atoms with Gasteiger partial charge in [-0.05, 0) is 18.1 Å². The first kappa shape index (κ1) is 16.8. The number of aromatic amines is 1. The van der Waals surface area contributed by atoms with Gasteiger partial charge in [-0.1, -0.05) is 37.7 Å². The Morgan fingerprint density at radius 2 is 2.21 bits per heavy atom. The van der Waals surface area contributed by atoms with Gasteiger partial charge in [-0.25, -0.2) is 4.98 Å². The van der Waals surface area contributed by atoms with E-state index in [1.54, 1.807) is 4.90 Å². The molecule has 1 aromatic carbocycles. The lowest BCUT2D eigenvalue weighted by Gasteiger charge is -2.21. The van der Waals surface area contributed by atoms with Crippen LogP contribution in [0.15, 0.2) is 24.3 Å². The van der Waals surface area contributed by atoms with E-state index < -0.39 is 0 Å². The van der Waals surface area contributed by atoms with Crippen molar-refractivity contribution >= 4 is 33.9 Å². The molecule has 1 fully saturated rings. The molecule has 1 atom stereocenters. The number of aromatic nitrogens is 2. The molecule has 1 aliphatic rings. The monoisotopic (exact) mass is 346 g/mol. The minimum atomic E-state index is -0.173. The number of nitrogens with one attached hydrogen (secondary N) is 2. The third-order valence-corrected chi connectivity index (χ3v) is 5.03. The summed E-state index contributed by atoms with van der Waals surface area (Å²) in [5, 5.41) is 3.12. The molecule has 128 valence electrons. The Morgan fingerprint density at radius 3 is 2.88 bits per heavy atom. The highest BCUT2D eigenvalue weighted by molar-refractivity contribution is 8.13. The van der Waals surface area contributed by atoms with Gasteiger partial charge in [0.15, 0.2) is 0 Å². The van der Waals surface area contributed by atoms with Gasteiger partial charge in [0.25, 0.3) is 5.24 Å². The zero-order chi connectivity index (χ0) is 17.1. The predicted octanol–water partition coefficient (Wildman–Crippen LogP) is 2.94. The number of H-pyrrole nitrogens is 1. The normalized spacial score (nSPS) is 16.1. The van der Waals surface area contributed by atoms with E-state index in [1.807, 2.05) is 24.3 Å². The molecule has 2 aromatic rings. The number of thioether (sulfide) groups is 1. The average Bonchev–Trinajstić information content (AvgIpc) is 3.16. The zero-order valence-electron chi connectivity index (χ0n) is 13.9. The highest BCUT2D eigenvalue weighted by atomic mass is 32.2. The predicted molar refractivity (Wildman–Crippen MR) is 95.9 cm³/mol. The Hall–Kier alpha value is -2.02. The Bertz CT molecular complexity index is 710. The average molecular weight is 346 g/mol. The molecule has 6 nitrogen and oxygen atoms in total. The van der Waals surface area contributed by atoms with E-state index in [2.05, 4.69) is 29.1 Å². The molecule has 3 rings (SSSR count). The third-order valence-electron chi connectivity index (χ3n) is 4.14. The van der Waals surface area contributed by atoms with Crippen molar-refractivity contribution < 1.29 is 9.59 Å². The number of imidazole rings is 1. The van der Waals surface area contributed by atoms with Crippen LogP contribution >= 0.6 is 11.8 Å².